The fraction of sp³-hybridized carbons (Fsp3) is 0.575. The number of fused-ring (bicyclic) bond motifs is 7. The van der Waals surface area contributed by atoms with Crippen LogP contribution in [0.15, 0.2) is 61.3 Å². The van der Waals surface area contributed by atoms with Gasteiger partial charge in [0.25, 0.3) is 0 Å². The molecule has 5 heteroatoms. The molecule has 2 aromatic carbocycles. The van der Waals surface area contributed by atoms with Gasteiger partial charge in [-0.2, -0.15) is 0 Å². The zero-order valence-electron chi connectivity index (χ0n) is 28.3. The maximum atomic E-state index is 11.2. The van der Waals surface area contributed by atoms with Crippen LogP contribution in [-0.2, 0) is 11.8 Å². The number of aromatic nitrogens is 1. The summed E-state index contributed by atoms with van der Waals surface area (Å²) >= 11 is 0. The van der Waals surface area contributed by atoms with E-state index in [4.69, 9.17) is 10.5 Å². The summed E-state index contributed by atoms with van der Waals surface area (Å²) in [5.41, 5.74) is 13.4. The van der Waals surface area contributed by atoms with Gasteiger partial charge in [-0.3, -0.25) is 9.88 Å². The Morgan fingerprint density at radius 2 is 1.96 bits per heavy atom. The molecule has 8 atom stereocenters. The molecule has 242 valence electrons. The zero-order chi connectivity index (χ0) is 31.9. The maximum absolute atomic E-state index is 11.2. The first-order valence-electron chi connectivity index (χ1n) is 17.4. The van der Waals surface area contributed by atoms with Crippen LogP contribution in [0.25, 0.3) is 10.9 Å². The van der Waals surface area contributed by atoms with Crippen molar-refractivity contribution in [1.29, 1.82) is 0 Å². The van der Waals surface area contributed by atoms with Crippen molar-refractivity contribution in [3.8, 4) is 5.75 Å². The van der Waals surface area contributed by atoms with Gasteiger partial charge in [-0.1, -0.05) is 58.4 Å². The molecule has 3 N–H and O–H groups in total. The van der Waals surface area contributed by atoms with E-state index < -0.39 is 6.10 Å². The summed E-state index contributed by atoms with van der Waals surface area (Å²) in [6.45, 7) is 16.4. The average molecular weight is 610 g/mol. The molecule has 0 unspecified atom stereocenters. The van der Waals surface area contributed by atoms with Crippen molar-refractivity contribution >= 4 is 10.9 Å². The van der Waals surface area contributed by atoms with Gasteiger partial charge in [0.2, 0.25) is 0 Å². The molecule has 2 bridgehead atoms. The Bertz CT molecular complexity index is 1520. The summed E-state index contributed by atoms with van der Waals surface area (Å²) in [5.74, 6) is 3.38. The summed E-state index contributed by atoms with van der Waals surface area (Å²) in [6, 6.07) is 15.2. The Morgan fingerprint density at radius 1 is 1.13 bits per heavy atom. The van der Waals surface area contributed by atoms with Gasteiger partial charge in [0, 0.05) is 24.2 Å². The lowest BCUT2D eigenvalue weighted by Gasteiger charge is -2.55. The van der Waals surface area contributed by atoms with E-state index in [-0.39, 0.29) is 6.04 Å². The minimum absolute atomic E-state index is 0.178. The molecule has 0 spiro atoms. The second-order valence-corrected chi connectivity index (χ2v) is 15.3. The highest BCUT2D eigenvalue weighted by Gasteiger charge is 2.51. The van der Waals surface area contributed by atoms with E-state index in [1.165, 1.54) is 44.1 Å². The monoisotopic (exact) mass is 609 g/mol. The van der Waals surface area contributed by atoms with E-state index in [0.717, 1.165) is 54.2 Å². The van der Waals surface area contributed by atoms with Crippen LogP contribution in [0.1, 0.15) is 100 Å². The van der Waals surface area contributed by atoms with Gasteiger partial charge in [-0.05, 0) is 133 Å². The highest BCUT2D eigenvalue weighted by Crippen LogP contribution is 2.57. The Labute approximate surface area is 271 Å². The smallest absolute Gasteiger partial charge is 0.119 e. The number of benzene rings is 2. The van der Waals surface area contributed by atoms with E-state index in [9.17, 15) is 5.11 Å². The lowest BCUT2D eigenvalue weighted by molar-refractivity contribution is -0.0444. The lowest BCUT2D eigenvalue weighted by atomic mass is 9.50. The van der Waals surface area contributed by atoms with Gasteiger partial charge in [0.05, 0.1) is 18.7 Å². The first-order valence-corrected chi connectivity index (χ1v) is 17.4. The summed E-state index contributed by atoms with van der Waals surface area (Å²) < 4.78 is 5.35. The summed E-state index contributed by atoms with van der Waals surface area (Å²) in [5, 5.41) is 12.1. The zero-order valence-corrected chi connectivity index (χ0v) is 28.3. The summed E-state index contributed by atoms with van der Waals surface area (Å²) in [4.78, 5) is 6.86. The molecular formula is C40H55N3O2. The average Bonchev–Trinajstić information content (AvgIpc) is 3.07. The molecule has 8 rings (SSSR count). The van der Waals surface area contributed by atoms with E-state index in [2.05, 4.69) is 68.4 Å². The number of hydrogen-bond acceptors (Lipinski definition) is 5. The number of ether oxygens (including phenoxy) is 1. The van der Waals surface area contributed by atoms with Crippen molar-refractivity contribution in [2.24, 2.45) is 28.9 Å². The predicted molar refractivity (Wildman–Crippen MR) is 186 cm³/mol. The fourth-order valence-electron chi connectivity index (χ4n) is 9.69. The summed E-state index contributed by atoms with van der Waals surface area (Å²) in [6.07, 6.45) is 12.1. The number of rotatable bonds is 6. The van der Waals surface area contributed by atoms with Crippen LogP contribution in [0.4, 0.5) is 0 Å². The van der Waals surface area contributed by atoms with Crippen molar-refractivity contribution in [1.82, 2.24) is 9.88 Å². The van der Waals surface area contributed by atoms with Crippen molar-refractivity contribution in [2.45, 2.75) is 96.1 Å². The molecule has 1 saturated carbocycles. The predicted octanol–water partition coefficient (Wildman–Crippen LogP) is 7.95. The molecule has 1 aromatic heterocycles. The Morgan fingerprint density at radius 3 is 2.64 bits per heavy atom. The van der Waals surface area contributed by atoms with Gasteiger partial charge < -0.3 is 15.6 Å². The quantitative estimate of drug-likeness (QED) is 0.278. The Balaban J connectivity index is 0.000000160. The van der Waals surface area contributed by atoms with Crippen molar-refractivity contribution in [3.05, 3.63) is 83.6 Å². The normalized spacial score (nSPS) is 32.7. The number of nitrogens with two attached hydrogens (primary N) is 1. The number of methoxy groups -OCH3 is 1. The van der Waals surface area contributed by atoms with Gasteiger partial charge in [0.1, 0.15) is 5.75 Å². The number of aryl methyl sites for hydroxylation is 1. The van der Waals surface area contributed by atoms with Crippen LogP contribution in [0.3, 0.4) is 0 Å². The van der Waals surface area contributed by atoms with E-state index in [1.54, 1.807) is 24.4 Å². The molecule has 4 fully saturated rings. The van der Waals surface area contributed by atoms with E-state index in [0.29, 0.717) is 28.6 Å². The number of pyridine rings is 1. The number of nitrogens with zero attached hydrogens (tertiary/aromatic N) is 2. The van der Waals surface area contributed by atoms with E-state index >= 15 is 0 Å². The highest BCUT2D eigenvalue weighted by atomic mass is 16.5. The van der Waals surface area contributed by atoms with E-state index in [1.807, 2.05) is 24.3 Å². The number of aliphatic hydroxyl groups excluding tert-OH is 1. The molecule has 3 aliphatic heterocycles. The molecule has 2 aliphatic carbocycles. The minimum Gasteiger partial charge on any atom is -0.497 e. The second kappa shape index (κ2) is 12.8. The van der Waals surface area contributed by atoms with Crippen LogP contribution in [0.5, 0.6) is 5.75 Å². The standard InChI is InChI=1S/C20H24N2O2.C20H31N/c1-3-13-12-22-9-7-14(13)10-19(22)20(23)16-6-8-21-18-5-4-15(24-2)11-17(16)18;1-14(2)15-6-8-17-16(12-15)7-9-18-19(3,13-21)10-5-11-20(17,18)4/h3-6,8,11,13-14,19-20,23H,1,7,9-10,12H2,2H3;6,8,12,14,18H,5,7,9-11,13,21H2,1-4H3/t13-,14-,19-,20+;18-,19-,20+/m00/s1. The third-order valence-electron chi connectivity index (χ3n) is 12.5. The Kier molecular flexibility index (Phi) is 9.17. The van der Waals surface area contributed by atoms with Crippen LogP contribution in [-0.4, -0.2) is 47.8 Å². The van der Waals surface area contributed by atoms with Crippen LogP contribution in [0, 0.1) is 23.2 Å². The van der Waals surface area contributed by atoms with Gasteiger partial charge in [0.15, 0.2) is 0 Å². The van der Waals surface area contributed by atoms with Gasteiger partial charge in [-0.25, -0.2) is 0 Å². The van der Waals surface area contributed by atoms with Crippen molar-refractivity contribution < 1.29 is 9.84 Å². The minimum atomic E-state index is -0.504. The molecule has 45 heavy (non-hydrogen) atoms. The first-order chi connectivity index (χ1) is 21.6. The molecule has 3 saturated heterocycles. The molecule has 5 nitrogen and oxygen atoms in total. The van der Waals surface area contributed by atoms with Crippen LogP contribution in [0.2, 0.25) is 0 Å². The highest BCUT2D eigenvalue weighted by molar-refractivity contribution is 5.84. The maximum Gasteiger partial charge on any atom is 0.119 e. The van der Waals surface area contributed by atoms with Gasteiger partial charge in [-0.15, -0.1) is 6.58 Å². The SMILES string of the molecule is C=C[C@H]1C[N@]2CC[C@H]1C[C@H]2[C@H](O)c1ccnc2ccc(OC)cc12.CC(C)c1ccc2c(c1)CC[C@H]1[C@](C)(CN)CCC[C@]21C. The molecular weight excluding hydrogens is 554 g/mol. The molecule has 5 aliphatic rings. The largest absolute Gasteiger partial charge is 0.497 e. The van der Waals surface area contributed by atoms with Crippen molar-refractivity contribution in [3.63, 3.8) is 0 Å². The number of aliphatic hydroxyl groups is 1. The molecule has 3 aromatic rings. The molecule has 0 radical (unpaired) electrons. The number of piperidine rings is 3. The first kappa shape index (κ1) is 32.2. The van der Waals surface area contributed by atoms with Crippen LogP contribution < -0.4 is 10.5 Å². The van der Waals surface area contributed by atoms with Crippen LogP contribution >= 0.6 is 0 Å². The lowest BCUT2D eigenvalue weighted by Crippen LogP contribution is -2.54. The third-order valence-corrected chi connectivity index (χ3v) is 12.5. The topological polar surface area (TPSA) is 71.6 Å². The summed E-state index contributed by atoms with van der Waals surface area (Å²) in [7, 11) is 1.66. The van der Waals surface area contributed by atoms with Gasteiger partial charge >= 0.3 is 0 Å². The fourth-order valence-corrected chi connectivity index (χ4v) is 9.69. The number of hydrogen-bond donors (Lipinski definition) is 2. The third kappa shape index (κ3) is 5.85. The second-order valence-electron chi connectivity index (χ2n) is 15.3. The molecule has 4 heterocycles. The molecule has 0 amide bonds. The Hall–Kier alpha value is -2.73. The van der Waals surface area contributed by atoms with Crippen molar-refractivity contribution in [2.75, 3.05) is 26.7 Å².